The maximum Gasteiger partial charge on any atom is 0.260 e. The van der Waals surface area contributed by atoms with Crippen LogP contribution in [0, 0.1) is 0 Å². The number of halogens is 1. The molecule has 0 bridgehead atoms. The second kappa shape index (κ2) is 10.3. The smallest absolute Gasteiger partial charge is 0.260 e. The van der Waals surface area contributed by atoms with Gasteiger partial charge in [-0.25, -0.2) is 0 Å². The molecule has 0 radical (unpaired) electrons. The van der Waals surface area contributed by atoms with Crippen molar-refractivity contribution >= 4 is 17.5 Å². The molecular weight excluding hydrogens is 398 g/mol. The van der Waals surface area contributed by atoms with Gasteiger partial charge in [0.2, 0.25) is 0 Å². The second-order valence-electron chi connectivity index (χ2n) is 8.47. The fraction of sp³-hybridized carbons (Fsp3) is 0.458. The highest BCUT2D eigenvalue weighted by Crippen LogP contribution is 2.15. The van der Waals surface area contributed by atoms with E-state index in [4.69, 9.17) is 16.3 Å². The van der Waals surface area contributed by atoms with Gasteiger partial charge in [-0.05, 0) is 24.3 Å². The Labute approximate surface area is 184 Å². The number of piperazine rings is 1. The van der Waals surface area contributed by atoms with E-state index >= 15 is 0 Å². The number of quaternary nitrogens is 2. The Morgan fingerprint density at radius 3 is 2.30 bits per heavy atom. The molecule has 2 aromatic carbocycles. The van der Waals surface area contributed by atoms with Crippen LogP contribution in [0.1, 0.15) is 18.4 Å². The lowest BCUT2D eigenvalue weighted by molar-refractivity contribution is -0.965. The van der Waals surface area contributed by atoms with Crippen molar-refractivity contribution in [2.45, 2.75) is 25.4 Å². The summed E-state index contributed by atoms with van der Waals surface area (Å²) in [7, 11) is 0. The summed E-state index contributed by atoms with van der Waals surface area (Å²) in [6.45, 7) is 7.49. The van der Waals surface area contributed by atoms with Gasteiger partial charge in [0.1, 0.15) is 12.3 Å². The highest BCUT2D eigenvalue weighted by Gasteiger charge is 2.33. The van der Waals surface area contributed by atoms with E-state index in [0.29, 0.717) is 10.8 Å². The number of rotatable bonds is 6. The fourth-order valence-corrected chi connectivity index (χ4v) is 4.84. The number of benzene rings is 2. The SMILES string of the molecule is O=C(COc1ccc(Cl)cc1)N1CC[NH+](C2CC[NH+](Cc3ccccc3)CC2)CC1. The van der Waals surface area contributed by atoms with E-state index in [-0.39, 0.29) is 12.5 Å². The average Bonchev–Trinajstić information content (AvgIpc) is 2.80. The van der Waals surface area contributed by atoms with Gasteiger partial charge in [-0.2, -0.15) is 0 Å². The van der Waals surface area contributed by atoms with Crippen LogP contribution in [0.5, 0.6) is 5.75 Å². The van der Waals surface area contributed by atoms with Crippen LogP contribution in [0.15, 0.2) is 54.6 Å². The van der Waals surface area contributed by atoms with Gasteiger partial charge in [-0.1, -0.05) is 41.9 Å². The summed E-state index contributed by atoms with van der Waals surface area (Å²) in [4.78, 5) is 17.8. The molecule has 2 aromatic rings. The summed E-state index contributed by atoms with van der Waals surface area (Å²) in [5.74, 6) is 0.757. The Balaban J connectivity index is 1.16. The Morgan fingerprint density at radius 1 is 0.967 bits per heavy atom. The van der Waals surface area contributed by atoms with E-state index in [1.807, 2.05) is 4.90 Å². The number of hydrogen-bond acceptors (Lipinski definition) is 2. The summed E-state index contributed by atoms with van der Waals surface area (Å²) in [5.41, 5.74) is 1.44. The predicted molar refractivity (Wildman–Crippen MR) is 118 cm³/mol. The first kappa shape index (κ1) is 21.2. The van der Waals surface area contributed by atoms with Crippen molar-refractivity contribution in [3.63, 3.8) is 0 Å². The third kappa shape index (κ3) is 5.75. The third-order valence-corrected chi connectivity index (χ3v) is 6.75. The number of carbonyl (C=O) groups is 1. The zero-order valence-electron chi connectivity index (χ0n) is 17.5. The number of piperidine rings is 1. The third-order valence-electron chi connectivity index (χ3n) is 6.50. The van der Waals surface area contributed by atoms with E-state index < -0.39 is 0 Å². The number of nitrogens with zero attached hydrogens (tertiary/aromatic N) is 1. The normalized spacial score (nSPS) is 22.6. The van der Waals surface area contributed by atoms with E-state index in [0.717, 1.165) is 38.8 Å². The lowest BCUT2D eigenvalue weighted by Gasteiger charge is -2.39. The van der Waals surface area contributed by atoms with Crippen molar-refractivity contribution in [1.29, 1.82) is 0 Å². The van der Waals surface area contributed by atoms with Crippen LogP contribution in [0.4, 0.5) is 0 Å². The van der Waals surface area contributed by atoms with Crippen LogP contribution in [0.25, 0.3) is 0 Å². The number of likely N-dealkylation sites (tertiary alicyclic amines) is 1. The predicted octanol–water partition coefficient (Wildman–Crippen LogP) is 0.693. The van der Waals surface area contributed by atoms with Crippen molar-refractivity contribution < 1.29 is 19.3 Å². The van der Waals surface area contributed by atoms with E-state index in [1.54, 1.807) is 34.1 Å². The molecule has 4 rings (SSSR count). The summed E-state index contributed by atoms with van der Waals surface area (Å²) in [6.07, 6.45) is 2.57. The van der Waals surface area contributed by atoms with E-state index in [2.05, 4.69) is 30.3 Å². The number of nitrogens with one attached hydrogen (secondary N) is 2. The summed E-state index contributed by atoms with van der Waals surface area (Å²) >= 11 is 5.88. The summed E-state index contributed by atoms with van der Waals surface area (Å²) < 4.78 is 5.62. The van der Waals surface area contributed by atoms with E-state index in [9.17, 15) is 4.79 Å². The van der Waals surface area contributed by atoms with Gasteiger partial charge in [0, 0.05) is 23.4 Å². The first-order valence-electron chi connectivity index (χ1n) is 11.1. The first-order chi connectivity index (χ1) is 14.7. The molecular formula is C24H32ClN3O2+2. The largest absolute Gasteiger partial charge is 0.484 e. The number of amides is 1. The number of carbonyl (C=O) groups excluding carboxylic acids is 1. The van der Waals surface area contributed by atoms with Gasteiger partial charge >= 0.3 is 0 Å². The molecule has 0 spiro atoms. The highest BCUT2D eigenvalue weighted by atomic mass is 35.5. The van der Waals surface area contributed by atoms with Gasteiger partial charge in [0.05, 0.1) is 45.3 Å². The van der Waals surface area contributed by atoms with Crippen LogP contribution in [-0.2, 0) is 11.3 Å². The first-order valence-corrected chi connectivity index (χ1v) is 11.4. The zero-order chi connectivity index (χ0) is 20.8. The summed E-state index contributed by atoms with van der Waals surface area (Å²) in [5, 5.41) is 0.667. The topological polar surface area (TPSA) is 38.4 Å². The Bertz CT molecular complexity index is 799. The molecule has 2 aliphatic heterocycles. The molecule has 1 amide bonds. The van der Waals surface area contributed by atoms with Gasteiger partial charge in [-0.15, -0.1) is 0 Å². The van der Waals surface area contributed by atoms with Gasteiger partial charge < -0.3 is 19.4 Å². The molecule has 160 valence electrons. The average molecular weight is 430 g/mol. The summed E-state index contributed by atoms with van der Waals surface area (Å²) in [6, 6.07) is 18.7. The second-order valence-corrected chi connectivity index (χ2v) is 8.90. The molecule has 5 nitrogen and oxygen atoms in total. The minimum Gasteiger partial charge on any atom is -0.484 e. The Kier molecular flexibility index (Phi) is 7.26. The standard InChI is InChI=1S/C24H30ClN3O2/c25-21-6-8-23(9-7-21)30-19-24(29)28-16-14-27(15-17-28)22-10-12-26(13-11-22)18-20-4-2-1-3-5-20/h1-9,22H,10-19H2/p+2. The minimum absolute atomic E-state index is 0.0751. The quantitative estimate of drug-likeness (QED) is 0.709. The molecule has 30 heavy (non-hydrogen) atoms. The number of hydrogen-bond donors (Lipinski definition) is 2. The number of ether oxygens (including phenoxy) is 1. The van der Waals surface area contributed by atoms with Gasteiger partial charge in [0.25, 0.3) is 5.91 Å². The molecule has 2 heterocycles. The Morgan fingerprint density at radius 2 is 1.63 bits per heavy atom. The molecule has 0 atom stereocenters. The zero-order valence-corrected chi connectivity index (χ0v) is 18.2. The monoisotopic (exact) mass is 429 g/mol. The molecule has 2 N–H and O–H groups in total. The van der Waals surface area contributed by atoms with Crippen LogP contribution < -0.4 is 14.5 Å². The molecule has 6 heteroatoms. The molecule has 0 unspecified atom stereocenters. The molecule has 0 aliphatic carbocycles. The highest BCUT2D eigenvalue weighted by molar-refractivity contribution is 6.30. The fourth-order valence-electron chi connectivity index (χ4n) is 4.71. The van der Waals surface area contributed by atoms with Gasteiger partial charge in [0.15, 0.2) is 6.61 Å². The van der Waals surface area contributed by atoms with Crippen LogP contribution >= 0.6 is 11.6 Å². The van der Waals surface area contributed by atoms with Crippen LogP contribution in [-0.4, -0.2) is 62.7 Å². The Hall–Kier alpha value is -2.08. The van der Waals surface area contributed by atoms with Crippen molar-refractivity contribution in [1.82, 2.24) is 4.90 Å². The van der Waals surface area contributed by atoms with Crippen molar-refractivity contribution in [3.8, 4) is 5.75 Å². The van der Waals surface area contributed by atoms with Crippen molar-refractivity contribution in [3.05, 3.63) is 65.2 Å². The lowest BCUT2D eigenvalue weighted by Crippen LogP contribution is -3.21. The molecule has 0 aromatic heterocycles. The maximum absolute atomic E-state index is 12.5. The maximum atomic E-state index is 12.5. The van der Waals surface area contributed by atoms with E-state index in [1.165, 1.54) is 31.5 Å². The van der Waals surface area contributed by atoms with Gasteiger partial charge in [-0.3, -0.25) is 4.79 Å². The lowest BCUT2D eigenvalue weighted by atomic mass is 10.0. The molecule has 2 fully saturated rings. The van der Waals surface area contributed by atoms with Crippen LogP contribution in [0.3, 0.4) is 0 Å². The molecule has 2 aliphatic rings. The molecule has 2 saturated heterocycles. The van der Waals surface area contributed by atoms with Crippen molar-refractivity contribution in [2.24, 2.45) is 0 Å². The molecule has 0 saturated carbocycles. The minimum atomic E-state index is 0.0751. The van der Waals surface area contributed by atoms with Crippen molar-refractivity contribution in [2.75, 3.05) is 45.9 Å². The van der Waals surface area contributed by atoms with Crippen LogP contribution in [0.2, 0.25) is 5.02 Å².